The Morgan fingerprint density at radius 1 is 1.03 bits per heavy atom. The first-order chi connectivity index (χ1) is 14.4. The SMILES string of the molecule is CC(C)C(NC(=O)c1ccccc1F)C(=O)Nc1ccc2c(c1)OC1(CCCC1)O2. The van der Waals surface area contributed by atoms with E-state index in [2.05, 4.69) is 10.6 Å². The molecule has 1 unspecified atom stereocenters. The summed E-state index contributed by atoms with van der Waals surface area (Å²) in [5.74, 6) is -1.14. The Bertz CT molecular complexity index is 969. The van der Waals surface area contributed by atoms with Crippen molar-refractivity contribution < 1.29 is 23.5 Å². The summed E-state index contributed by atoms with van der Waals surface area (Å²) < 4.78 is 25.9. The lowest BCUT2D eigenvalue weighted by atomic mass is 10.0. The second-order valence-corrected chi connectivity index (χ2v) is 8.15. The predicted octanol–water partition coefficient (Wildman–Crippen LogP) is 4.26. The quantitative estimate of drug-likeness (QED) is 0.769. The van der Waals surface area contributed by atoms with Crippen LogP contribution in [-0.4, -0.2) is 23.6 Å². The maximum Gasteiger partial charge on any atom is 0.254 e. The first-order valence-corrected chi connectivity index (χ1v) is 10.3. The summed E-state index contributed by atoms with van der Waals surface area (Å²) in [7, 11) is 0. The van der Waals surface area contributed by atoms with Crippen LogP contribution in [0, 0.1) is 11.7 Å². The van der Waals surface area contributed by atoms with E-state index >= 15 is 0 Å². The molecule has 0 aromatic heterocycles. The molecule has 7 heteroatoms. The summed E-state index contributed by atoms with van der Waals surface area (Å²) >= 11 is 0. The summed E-state index contributed by atoms with van der Waals surface area (Å²) in [4.78, 5) is 25.3. The minimum Gasteiger partial charge on any atom is -0.448 e. The third-order valence-corrected chi connectivity index (χ3v) is 5.52. The Morgan fingerprint density at radius 3 is 2.43 bits per heavy atom. The molecule has 1 aliphatic carbocycles. The molecule has 1 aliphatic heterocycles. The van der Waals surface area contributed by atoms with E-state index < -0.39 is 23.6 Å². The van der Waals surface area contributed by atoms with Crippen LogP contribution in [0.1, 0.15) is 49.9 Å². The van der Waals surface area contributed by atoms with Crippen LogP contribution in [0.4, 0.5) is 10.1 Å². The molecule has 2 aliphatic rings. The highest BCUT2D eigenvalue weighted by molar-refractivity contribution is 6.01. The van der Waals surface area contributed by atoms with Gasteiger partial charge in [-0.15, -0.1) is 0 Å². The monoisotopic (exact) mass is 412 g/mol. The van der Waals surface area contributed by atoms with Crippen LogP contribution in [0.15, 0.2) is 42.5 Å². The van der Waals surface area contributed by atoms with Gasteiger partial charge in [0.15, 0.2) is 11.5 Å². The molecular formula is C23H25FN2O4. The smallest absolute Gasteiger partial charge is 0.254 e. The normalized spacial score (nSPS) is 17.2. The number of amides is 2. The Hall–Kier alpha value is -3.09. The lowest BCUT2D eigenvalue weighted by molar-refractivity contribution is -0.118. The maximum atomic E-state index is 13.9. The fraction of sp³-hybridized carbons (Fsp3) is 0.391. The van der Waals surface area contributed by atoms with Crippen LogP contribution in [0.25, 0.3) is 0 Å². The number of fused-ring (bicyclic) bond motifs is 1. The number of hydrogen-bond acceptors (Lipinski definition) is 4. The zero-order valence-electron chi connectivity index (χ0n) is 17.0. The van der Waals surface area contributed by atoms with Crippen molar-refractivity contribution in [1.29, 1.82) is 0 Å². The van der Waals surface area contributed by atoms with Crippen LogP contribution in [-0.2, 0) is 4.79 Å². The highest BCUT2D eigenvalue weighted by atomic mass is 19.1. The highest BCUT2D eigenvalue weighted by Gasteiger charge is 2.44. The molecule has 1 atom stereocenters. The van der Waals surface area contributed by atoms with Crippen molar-refractivity contribution in [2.75, 3.05) is 5.32 Å². The van der Waals surface area contributed by atoms with E-state index in [1.807, 2.05) is 13.8 Å². The Kier molecular flexibility index (Phi) is 5.37. The van der Waals surface area contributed by atoms with Gasteiger partial charge in [0.05, 0.1) is 5.56 Å². The summed E-state index contributed by atoms with van der Waals surface area (Å²) in [6.45, 7) is 3.63. The first kappa shape index (κ1) is 20.2. The standard InChI is InChI=1S/C23H25FN2O4/c1-14(2)20(26-21(27)16-7-3-4-8-17(16)24)22(28)25-15-9-10-18-19(13-15)30-23(29-18)11-5-6-12-23/h3-4,7-10,13-14,20H,5-6,11-12H2,1-2H3,(H,25,28)(H,26,27). The third-order valence-electron chi connectivity index (χ3n) is 5.52. The van der Waals surface area contributed by atoms with Crippen molar-refractivity contribution in [1.82, 2.24) is 5.32 Å². The molecule has 158 valence electrons. The molecule has 1 fully saturated rings. The molecule has 0 saturated heterocycles. The largest absolute Gasteiger partial charge is 0.448 e. The number of anilines is 1. The van der Waals surface area contributed by atoms with Crippen LogP contribution in [0.2, 0.25) is 0 Å². The molecular weight excluding hydrogens is 387 g/mol. The lowest BCUT2D eigenvalue weighted by Crippen LogP contribution is -2.47. The second kappa shape index (κ2) is 7.97. The van der Waals surface area contributed by atoms with Gasteiger partial charge in [0.2, 0.25) is 5.91 Å². The van der Waals surface area contributed by atoms with E-state index in [9.17, 15) is 14.0 Å². The van der Waals surface area contributed by atoms with Crippen molar-refractivity contribution in [2.24, 2.45) is 5.92 Å². The molecule has 1 spiro atoms. The van der Waals surface area contributed by atoms with Crippen molar-refractivity contribution in [3.8, 4) is 11.5 Å². The number of carbonyl (C=O) groups is 2. The van der Waals surface area contributed by atoms with Crippen LogP contribution >= 0.6 is 0 Å². The van der Waals surface area contributed by atoms with Crippen molar-refractivity contribution >= 4 is 17.5 Å². The van der Waals surface area contributed by atoms with Crippen molar-refractivity contribution in [2.45, 2.75) is 51.4 Å². The zero-order valence-corrected chi connectivity index (χ0v) is 17.0. The van der Waals surface area contributed by atoms with Gasteiger partial charge in [-0.1, -0.05) is 26.0 Å². The highest BCUT2D eigenvalue weighted by Crippen LogP contribution is 2.47. The average molecular weight is 412 g/mol. The van der Waals surface area contributed by atoms with Gasteiger partial charge in [-0.25, -0.2) is 4.39 Å². The van der Waals surface area contributed by atoms with Gasteiger partial charge in [-0.3, -0.25) is 9.59 Å². The maximum absolute atomic E-state index is 13.9. The summed E-state index contributed by atoms with van der Waals surface area (Å²) in [5.41, 5.74) is 0.448. The van der Waals surface area contributed by atoms with E-state index in [0.29, 0.717) is 17.2 Å². The Labute approximate surface area is 174 Å². The lowest BCUT2D eigenvalue weighted by Gasteiger charge is -2.22. The van der Waals surface area contributed by atoms with Gasteiger partial charge >= 0.3 is 0 Å². The number of nitrogens with one attached hydrogen (secondary N) is 2. The van der Waals surface area contributed by atoms with E-state index in [1.165, 1.54) is 18.2 Å². The van der Waals surface area contributed by atoms with Crippen LogP contribution < -0.4 is 20.1 Å². The molecule has 2 aromatic rings. The summed E-state index contributed by atoms with van der Waals surface area (Å²) in [5, 5.41) is 5.46. The molecule has 4 rings (SSSR count). The number of benzene rings is 2. The fourth-order valence-electron chi connectivity index (χ4n) is 3.91. The van der Waals surface area contributed by atoms with Crippen LogP contribution in [0.5, 0.6) is 11.5 Å². The van der Waals surface area contributed by atoms with E-state index in [4.69, 9.17) is 9.47 Å². The zero-order chi connectivity index (χ0) is 21.3. The van der Waals surface area contributed by atoms with Gasteiger partial charge in [-0.05, 0) is 43.0 Å². The number of carbonyl (C=O) groups excluding carboxylic acids is 2. The number of rotatable bonds is 5. The topological polar surface area (TPSA) is 76.7 Å². The fourth-order valence-corrected chi connectivity index (χ4v) is 3.91. The predicted molar refractivity (Wildman–Crippen MR) is 110 cm³/mol. The van der Waals surface area contributed by atoms with E-state index in [0.717, 1.165) is 25.7 Å². The van der Waals surface area contributed by atoms with Gasteiger partial charge in [0, 0.05) is 24.6 Å². The molecule has 1 heterocycles. The van der Waals surface area contributed by atoms with E-state index in [-0.39, 0.29) is 17.4 Å². The second-order valence-electron chi connectivity index (χ2n) is 8.15. The third kappa shape index (κ3) is 3.97. The van der Waals surface area contributed by atoms with Gasteiger partial charge in [0.1, 0.15) is 11.9 Å². The molecule has 0 radical (unpaired) electrons. The van der Waals surface area contributed by atoms with Gasteiger partial charge in [-0.2, -0.15) is 0 Å². The molecule has 0 bridgehead atoms. The van der Waals surface area contributed by atoms with Gasteiger partial charge in [0.25, 0.3) is 11.7 Å². The minimum atomic E-state index is -0.830. The summed E-state index contributed by atoms with van der Waals surface area (Å²) in [6, 6.07) is 10.1. The van der Waals surface area contributed by atoms with Gasteiger partial charge < -0.3 is 20.1 Å². The number of ether oxygens (including phenoxy) is 2. The number of hydrogen-bond donors (Lipinski definition) is 2. The Balaban J connectivity index is 1.45. The summed E-state index contributed by atoms with van der Waals surface area (Å²) in [6.07, 6.45) is 3.83. The molecule has 2 aromatic carbocycles. The van der Waals surface area contributed by atoms with Crippen molar-refractivity contribution in [3.63, 3.8) is 0 Å². The average Bonchev–Trinajstić information content (AvgIpc) is 3.31. The van der Waals surface area contributed by atoms with Crippen molar-refractivity contribution in [3.05, 3.63) is 53.8 Å². The molecule has 6 nitrogen and oxygen atoms in total. The first-order valence-electron chi connectivity index (χ1n) is 10.3. The molecule has 1 saturated carbocycles. The molecule has 2 amide bonds. The number of halogens is 1. The Morgan fingerprint density at radius 2 is 1.73 bits per heavy atom. The van der Waals surface area contributed by atoms with Crippen LogP contribution in [0.3, 0.4) is 0 Å². The minimum absolute atomic E-state index is 0.0964. The van der Waals surface area contributed by atoms with E-state index in [1.54, 1.807) is 24.3 Å². The molecule has 2 N–H and O–H groups in total. The molecule has 30 heavy (non-hydrogen) atoms.